The van der Waals surface area contributed by atoms with Crippen LogP contribution in [0.2, 0.25) is 0 Å². The average molecular weight is 165 g/mol. The van der Waals surface area contributed by atoms with Crippen molar-refractivity contribution in [1.82, 2.24) is 0 Å². The summed E-state index contributed by atoms with van der Waals surface area (Å²) in [5, 5.41) is 18.6. The number of aliphatic hydroxyl groups is 2. The van der Waals surface area contributed by atoms with Crippen LogP contribution in [0.25, 0.3) is 0 Å². The molecule has 0 bridgehead atoms. The molecule has 1 aliphatic rings. The van der Waals surface area contributed by atoms with Gasteiger partial charge in [0.25, 0.3) is 0 Å². The molecule has 2 atom stereocenters. The molecule has 2 unspecified atom stereocenters. The molecule has 1 saturated heterocycles. The fraction of sp³-hybridized carbons (Fsp3) is 0.333. The Kier molecular flexibility index (Phi) is 1.75. The van der Waals surface area contributed by atoms with E-state index in [0.29, 0.717) is 6.42 Å². The molecule has 0 radical (unpaired) electrons. The van der Waals surface area contributed by atoms with Gasteiger partial charge in [0.15, 0.2) is 0 Å². The van der Waals surface area contributed by atoms with E-state index in [1.54, 1.807) is 4.90 Å². The molecule has 2 N–H and O–H groups in total. The zero-order chi connectivity index (χ0) is 8.55. The molecule has 1 fully saturated rings. The van der Waals surface area contributed by atoms with Crippen molar-refractivity contribution in [3.05, 3.63) is 30.3 Å². The first-order chi connectivity index (χ1) is 5.79. The second-order valence-electron chi connectivity index (χ2n) is 2.94. The second-order valence-corrected chi connectivity index (χ2v) is 2.94. The van der Waals surface area contributed by atoms with E-state index in [4.69, 9.17) is 0 Å². The minimum atomic E-state index is -0.526. The van der Waals surface area contributed by atoms with Crippen molar-refractivity contribution in [3.63, 3.8) is 0 Å². The van der Waals surface area contributed by atoms with E-state index in [9.17, 15) is 10.2 Å². The van der Waals surface area contributed by atoms with Gasteiger partial charge in [-0.2, -0.15) is 0 Å². The average Bonchev–Trinajstić information content (AvgIpc) is 2.05. The smallest absolute Gasteiger partial charge is 0.133 e. The van der Waals surface area contributed by atoms with E-state index in [1.807, 2.05) is 30.3 Å². The van der Waals surface area contributed by atoms with Gasteiger partial charge in [0, 0.05) is 12.1 Å². The van der Waals surface area contributed by atoms with Gasteiger partial charge in [-0.15, -0.1) is 0 Å². The zero-order valence-electron chi connectivity index (χ0n) is 6.59. The summed E-state index contributed by atoms with van der Waals surface area (Å²) in [4.78, 5) is 1.58. The SMILES string of the molecule is OC1CC(O)N1c1ccccc1. The number of benzene rings is 1. The minimum absolute atomic E-state index is 0.439. The zero-order valence-corrected chi connectivity index (χ0v) is 6.59. The van der Waals surface area contributed by atoms with Crippen LogP contribution in [-0.2, 0) is 0 Å². The Hall–Kier alpha value is -1.06. The van der Waals surface area contributed by atoms with E-state index in [-0.39, 0.29) is 0 Å². The molecule has 0 saturated carbocycles. The third kappa shape index (κ3) is 1.07. The van der Waals surface area contributed by atoms with Crippen LogP contribution >= 0.6 is 0 Å². The predicted octanol–water partition coefficient (Wildman–Crippen LogP) is 0.534. The Labute approximate surface area is 70.9 Å². The number of hydrogen-bond donors (Lipinski definition) is 2. The molecular weight excluding hydrogens is 154 g/mol. The third-order valence-corrected chi connectivity index (χ3v) is 2.12. The topological polar surface area (TPSA) is 43.7 Å². The molecule has 3 heteroatoms. The molecule has 2 rings (SSSR count). The van der Waals surface area contributed by atoms with Gasteiger partial charge in [-0.25, -0.2) is 0 Å². The van der Waals surface area contributed by atoms with Gasteiger partial charge < -0.3 is 15.1 Å². The van der Waals surface area contributed by atoms with Crippen molar-refractivity contribution in [1.29, 1.82) is 0 Å². The lowest BCUT2D eigenvalue weighted by Crippen LogP contribution is -2.56. The van der Waals surface area contributed by atoms with E-state index in [1.165, 1.54) is 0 Å². The summed E-state index contributed by atoms with van der Waals surface area (Å²) >= 11 is 0. The summed E-state index contributed by atoms with van der Waals surface area (Å²) in [5.41, 5.74) is 0.865. The molecular formula is C9H11NO2. The highest BCUT2D eigenvalue weighted by Gasteiger charge is 2.35. The normalized spacial score (nSPS) is 28.3. The van der Waals surface area contributed by atoms with E-state index < -0.39 is 12.5 Å². The first-order valence-corrected chi connectivity index (χ1v) is 3.98. The molecule has 0 amide bonds. The van der Waals surface area contributed by atoms with Crippen molar-refractivity contribution in [2.24, 2.45) is 0 Å². The summed E-state index contributed by atoms with van der Waals surface area (Å²) in [7, 11) is 0. The maximum absolute atomic E-state index is 9.30. The number of anilines is 1. The van der Waals surface area contributed by atoms with E-state index >= 15 is 0 Å². The fourth-order valence-corrected chi connectivity index (χ4v) is 1.42. The molecule has 1 heterocycles. The highest BCUT2D eigenvalue weighted by Crippen LogP contribution is 2.28. The number of hydrogen-bond acceptors (Lipinski definition) is 3. The van der Waals surface area contributed by atoms with Crippen molar-refractivity contribution in [2.45, 2.75) is 18.9 Å². The first kappa shape index (κ1) is 7.58. The summed E-state index contributed by atoms with van der Waals surface area (Å²) in [6.45, 7) is 0. The Morgan fingerprint density at radius 1 is 1.08 bits per heavy atom. The Morgan fingerprint density at radius 3 is 2.17 bits per heavy atom. The number of nitrogens with zero attached hydrogens (tertiary/aromatic N) is 1. The van der Waals surface area contributed by atoms with Crippen LogP contribution in [-0.4, -0.2) is 22.7 Å². The standard InChI is InChI=1S/C9H11NO2/c11-8-6-9(12)10(8)7-4-2-1-3-5-7/h1-5,8-9,11-12H,6H2. The Balaban J connectivity index is 2.20. The number of aliphatic hydroxyl groups excluding tert-OH is 2. The summed E-state index contributed by atoms with van der Waals surface area (Å²) in [6, 6.07) is 9.40. The van der Waals surface area contributed by atoms with Crippen LogP contribution in [0, 0.1) is 0 Å². The molecule has 1 aromatic carbocycles. The van der Waals surface area contributed by atoms with Crippen LogP contribution in [0.15, 0.2) is 30.3 Å². The number of para-hydroxylation sites is 1. The maximum atomic E-state index is 9.30. The summed E-state index contributed by atoms with van der Waals surface area (Å²) in [5.74, 6) is 0. The Bertz CT molecular complexity index is 254. The van der Waals surface area contributed by atoms with Crippen LogP contribution in [0.4, 0.5) is 5.69 Å². The molecule has 0 aromatic heterocycles. The molecule has 0 spiro atoms. The lowest BCUT2D eigenvalue weighted by atomic mass is 10.1. The van der Waals surface area contributed by atoms with Gasteiger partial charge in [-0.3, -0.25) is 0 Å². The lowest BCUT2D eigenvalue weighted by Gasteiger charge is -2.43. The van der Waals surface area contributed by atoms with Gasteiger partial charge in [-0.05, 0) is 12.1 Å². The minimum Gasteiger partial charge on any atom is -0.373 e. The largest absolute Gasteiger partial charge is 0.373 e. The molecule has 3 nitrogen and oxygen atoms in total. The van der Waals surface area contributed by atoms with Crippen molar-refractivity contribution < 1.29 is 10.2 Å². The van der Waals surface area contributed by atoms with E-state index in [0.717, 1.165) is 5.69 Å². The van der Waals surface area contributed by atoms with E-state index in [2.05, 4.69) is 0 Å². The fourth-order valence-electron chi connectivity index (χ4n) is 1.42. The van der Waals surface area contributed by atoms with Crippen LogP contribution in [0.3, 0.4) is 0 Å². The molecule has 1 aliphatic heterocycles. The van der Waals surface area contributed by atoms with Gasteiger partial charge in [0.2, 0.25) is 0 Å². The lowest BCUT2D eigenvalue weighted by molar-refractivity contribution is -0.0206. The molecule has 12 heavy (non-hydrogen) atoms. The number of rotatable bonds is 1. The second kappa shape index (κ2) is 2.77. The summed E-state index contributed by atoms with van der Waals surface area (Å²) < 4.78 is 0. The van der Waals surface area contributed by atoms with Crippen LogP contribution in [0.5, 0.6) is 0 Å². The van der Waals surface area contributed by atoms with Crippen LogP contribution in [0.1, 0.15) is 6.42 Å². The van der Waals surface area contributed by atoms with Gasteiger partial charge in [0.1, 0.15) is 12.5 Å². The third-order valence-electron chi connectivity index (χ3n) is 2.12. The highest BCUT2D eigenvalue weighted by atomic mass is 16.3. The molecule has 1 aromatic rings. The van der Waals surface area contributed by atoms with Gasteiger partial charge >= 0.3 is 0 Å². The molecule has 64 valence electrons. The Morgan fingerprint density at radius 2 is 1.67 bits per heavy atom. The van der Waals surface area contributed by atoms with Gasteiger partial charge in [-0.1, -0.05) is 18.2 Å². The molecule has 0 aliphatic carbocycles. The quantitative estimate of drug-likeness (QED) is 0.638. The van der Waals surface area contributed by atoms with Crippen molar-refractivity contribution in [2.75, 3.05) is 4.90 Å². The maximum Gasteiger partial charge on any atom is 0.133 e. The van der Waals surface area contributed by atoms with Crippen LogP contribution < -0.4 is 4.90 Å². The highest BCUT2D eigenvalue weighted by molar-refractivity contribution is 5.49. The predicted molar refractivity (Wildman–Crippen MR) is 45.6 cm³/mol. The monoisotopic (exact) mass is 165 g/mol. The van der Waals surface area contributed by atoms with Crippen molar-refractivity contribution in [3.8, 4) is 0 Å². The summed E-state index contributed by atoms with van der Waals surface area (Å²) in [6.07, 6.45) is -0.612. The van der Waals surface area contributed by atoms with Crippen molar-refractivity contribution >= 4 is 5.69 Å². The van der Waals surface area contributed by atoms with Gasteiger partial charge in [0.05, 0.1) is 0 Å². The first-order valence-electron chi connectivity index (χ1n) is 3.98.